The summed E-state index contributed by atoms with van der Waals surface area (Å²) in [5.41, 5.74) is 11.0. The van der Waals surface area contributed by atoms with Gasteiger partial charge in [-0.2, -0.15) is 9.78 Å². The van der Waals surface area contributed by atoms with Crippen LogP contribution in [0.15, 0.2) is 32.9 Å². The molecule has 1 saturated heterocycles. The van der Waals surface area contributed by atoms with E-state index in [2.05, 4.69) is 41.0 Å². The summed E-state index contributed by atoms with van der Waals surface area (Å²) in [6.45, 7) is 3.16. The maximum absolute atomic E-state index is 13.1. The van der Waals surface area contributed by atoms with Crippen molar-refractivity contribution in [1.82, 2.24) is 35.6 Å². The fourth-order valence-corrected chi connectivity index (χ4v) is 6.20. The van der Waals surface area contributed by atoms with Crippen LogP contribution in [0.25, 0.3) is 5.82 Å². The molecule has 2 aromatic heterocycles. The normalized spacial score (nSPS) is 16.2. The number of nitrogens with two attached hydrogens (primary N) is 1. The van der Waals surface area contributed by atoms with Crippen molar-refractivity contribution in [2.45, 2.75) is 31.6 Å². The van der Waals surface area contributed by atoms with Crippen LogP contribution in [0.4, 0.5) is 5.82 Å². The molecule has 0 spiro atoms. The molecule has 200 valence electrons. The summed E-state index contributed by atoms with van der Waals surface area (Å²) >= 11 is 3.46. The fraction of sp³-hybridized carbons (Fsp3) is 0.435. The van der Waals surface area contributed by atoms with Crippen molar-refractivity contribution in [3.8, 4) is 11.6 Å². The summed E-state index contributed by atoms with van der Waals surface area (Å²) in [6, 6.07) is 5.75. The molecule has 0 unspecified atom stereocenters. The van der Waals surface area contributed by atoms with E-state index in [4.69, 9.17) is 15.1 Å². The van der Waals surface area contributed by atoms with Crippen molar-refractivity contribution in [3.63, 3.8) is 0 Å². The number of ether oxygens (including phenoxy) is 1. The van der Waals surface area contributed by atoms with E-state index >= 15 is 0 Å². The number of carbonyl (C=O) groups excluding carboxylic acids is 1. The second-order valence-electron chi connectivity index (χ2n) is 8.66. The van der Waals surface area contributed by atoms with Gasteiger partial charge in [0.15, 0.2) is 5.69 Å². The van der Waals surface area contributed by atoms with E-state index < -0.39 is 5.91 Å². The molecule has 0 radical (unpaired) electrons. The summed E-state index contributed by atoms with van der Waals surface area (Å²) < 4.78 is 12.7. The summed E-state index contributed by atoms with van der Waals surface area (Å²) in [6.07, 6.45) is 4.96. The number of rotatable bonds is 9. The van der Waals surface area contributed by atoms with E-state index in [1.54, 1.807) is 36.8 Å². The second kappa shape index (κ2) is 12.4. The minimum Gasteiger partial charge on any atom is -0.496 e. The number of nitrogens with one attached hydrogen (secondary N) is 1. The van der Waals surface area contributed by atoms with Gasteiger partial charge in [-0.1, -0.05) is 35.2 Å². The smallest absolute Gasteiger partial charge is 0.293 e. The molecule has 3 aromatic rings. The van der Waals surface area contributed by atoms with Crippen LogP contribution in [0.1, 0.15) is 46.6 Å². The Hall–Kier alpha value is -3.43. The van der Waals surface area contributed by atoms with E-state index in [0.29, 0.717) is 12.2 Å². The van der Waals surface area contributed by atoms with Crippen LogP contribution >= 0.6 is 23.5 Å². The van der Waals surface area contributed by atoms with Crippen molar-refractivity contribution in [2.24, 2.45) is 10.1 Å². The highest BCUT2D eigenvalue weighted by Gasteiger charge is 2.26. The Kier molecular flexibility index (Phi) is 8.55. The number of nitrogen functional groups attached to an aromatic ring is 1. The molecular formula is C23H28N10O3S2. The number of amides is 1. The third-order valence-electron chi connectivity index (χ3n) is 6.09. The second-order valence-corrected chi connectivity index (χ2v) is 11.0. The molecule has 38 heavy (non-hydrogen) atoms. The number of aliphatic imine (C=N–C) groups is 1. The van der Waals surface area contributed by atoms with Crippen molar-refractivity contribution in [1.29, 1.82) is 0 Å². The Balaban J connectivity index is 1.30. The highest BCUT2D eigenvalue weighted by Crippen LogP contribution is 2.29. The molecule has 1 amide bonds. The number of piperidine rings is 1. The number of thioether (sulfide) groups is 2. The topological polar surface area (TPSA) is 162 Å². The van der Waals surface area contributed by atoms with E-state index in [-0.39, 0.29) is 17.3 Å². The molecule has 1 fully saturated rings. The van der Waals surface area contributed by atoms with E-state index in [9.17, 15) is 4.79 Å². The average molecular weight is 557 g/mol. The molecule has 4 heterocycles. The van der Waals surface area contributed by atoms with Gasteiger partial charge in [0.05, 0.1) is 25.6 Å². The molecule has 5 rings (SSSR count). The van der Waals surface area contributed by atoms with Gasteiger partial charge in [0.25, 0.3) is 5.91 Å². The first-order chi connectivity index (χ1) is 18.6. The molecule has 2 aliphatic rings. The molecule has 0 saturated carbocycles. The molecule has 15 heteroatoms. The van der Waals surface area contributed by atoms with Crippen LogP contribution < -0.4 is 15.9 Å². The zero-order valence-corrected chi connectivity index (χ0v) is 22.5. The van der Waals surface area contributed by atoms with Gasteiger partial charge in [-0.3, -0.25) is 14.7 Å². The van der Waals surface area contributed by atoms with E-state index in [1.165, 1.54) is 11.1 Å². The summed E-state index contributed by atoms with van der Waals surface area (Å²) in [4.78, 5) is 19.8. The van der Waals surface area contributed by atoms with E-state index in [0.717, 1.165) is 65.2 Å². The highest BCUT2D eigenvalue weighted by atomic mass is 32.2. The fourth-order valence-electron chi connectivity index (χ4n) is 4.21. The summed E-state index contributed by atoms with van der Waals surface area (Å²) in [5, 5.41) is 19.8. The lowest BCUT2D eigenvalue weighted by atomic mass is 10.1. The predicted molar refractivity (Wildman–Crippen MR) is 147 cm³/mol. The number of hydrogen-bond donors (Lipinski definition) is 2. The van der Waals surface area contributed by atoms with Gasteiger partial charge in [0.2, 0.25) is 11.6 Å². The third kappa shape index (κ3) is 6.16. The van der Waals surface area contributed by atoms with Crippen LogP contribution in [0.5, 0.6) is 5.75 Å². The first kappa shape index (κ1) is 26.2. The number of methoxy groups -OCH3 is 1. The van der Waals surface area contributed by atoms with Crippen LogP contribution in [-0.2, 0) is 12.3 Å². The average Bonchev–Trinajstić information content (AvgIpc) is 3.70. The molecule has 1 aromatic carbocycles. The summed E-state index contributed by atoms with van der Waals surface area (Å²) in [7, 11) is 1.65. The number of aromatic nitrogens is 5. The molecule has 3 N–H and O–H groups in total. The summed E-state index contributed by atoms with van der Waals surface area (Å²) in [5.74, 6) is 2.32. The number of hydrogen-bond acceptors (Lipinski definition) is 13. The monoisotopic (exact) mass is 556 g/mol. The van der Waals surface area contributed by atoms with Crippen molar-refractivity contribution >= 4 is 45.8 Å². The van der Waals surface area contributed by atoms with Crippen LogP contribution in [0.2, 0.25) is 0 Å². The zero-order valence-electron chi connectivity index (χ0n) is 20.9. The van der Waals surface area contributed by atoms with Crippen LogP contribution in [0.3, 0.4) is 0 Å². The molecule has 0 aliphatic carbocycles. The van der Waals surface area contributed by atoms with Gasteiger partial charge in [-0.05, 0) is 60.0 Å². The van der Waals surface area contributed by atoms with Gasteiger partial charge in [-0.15, -0.1) is 5.10 Å². The van der Waals surface area contributed by atoms with E-state index in [1.807, 2.05) is 18.2 Å². The Morgan fingerprint density at radius 1 is 1.32 bits per heavy atom. The number of benzene rings is 1. The zero-order chi connectivity index (χ0) is 26.3. The van der Waals surface area contributed by atoms with Gasteiger partial charge < -0.3 is 10.5 Å². The van der Waals surface area contributed by atoms with Gasteiger partial charge in [0, 0.05) is 23.6 Å². The molecule has 13 nitrogen and oxygen atoms in total. The number of likely N-dealkylation sites (tertiary alicyclic amines) is 1. The lowest BCUT2D eigenvalue weighted by Crippen LogP contribution is -2.31. The maximum atomic E-state index is 13.1. The van der Waals surface area contributed by atoms with Crippen molar-refractivity contribution < 1.29 is 14.2 Å². The maximum Gasteiger partial charge on any atom is 0.293 e. The molecule has 2 aliphatic heterocycles. The van der Waals surface area contributed by atoms with Crippen LogP contribution in [-0.4, -0.2) is 79.2 Å². The third-order valence-corrected chi connectivity index (χ3v) is 8.39. The largest absolute Gasteiger partial charge is 0.496 e. The Morgan fingerprint density at radius 3 is 2.92 bits per heavy atom. The molecular weight excluding hydrogens is 528 g/mol. The Bertz CT molecular complexity index is 1330. The number of hydrazone groups is 1. The predicted octanol–water partition coefficient (Wildman–Crippen LogP) is 2.33. The lowest BCUT2D eigenvalue weighted by Gasteiger charge is -2.26. The lowest BCUT2D eigenvalue weighted by molar-refractivity contribution is 0.0947. The first-order valence-corrected chi connectivity index (χ1v) is 14.1. The number of anilines is 1. The number of nitrogens with zero attached hydrogens (tertiary/aromatic N) is 8. The Labute approximate surface area is 227 Å². The standard InChI is InChI=1S/C23H28N10O3S2/c1-35-18-6-5-15(11-16(18)14-38-23-25-7-10-37-23)12-26-28-22(34)19-17(13-32-8-3-2-4-9-32)33(31-27-19)21-20(24)29-36-30-21/h5-6,11-12H,2-4,7-10,13-14H2,1H3,(H2,24,29)(H,28,34)/b26-12+. The quantitative estimate of drug-likeness (QED) is 0.294. The van der Waals surface area contributed by atoms with Crippen molar-refractivity contribution in [2.75, 3.05) is 38.2 Å². The first-order valence-electron chi connectivity index (χ1n) is 12.2. The van der Waals surface area contributed by atoms with Gasteiger partial charge in [0.1, 0.15) is 10.1 Å². The SMILES string of the molecule is COc1ccc(/C=N/NC(=O)c2nnn(-c3nonc3N)c2CN2CCCCC2)cc1CSC1=NCCS1. The minimum atomic E-state index is -0.491. The molecule has 0 bridgehead atoms. The Morgan fingerprint density at radius 2 is 2.18 bits per heavy atom. The molecule has 0 atom stereocenters. The number of carbonyl (C=O) groups is 1. The minimum absolute atomic E-state index is 0.0619. The van der Waals surface area contributed by atoms with Gasteiger partial charge >= 0.3 is 0 Å². The van der Waals surface area contributed by atoms with Crippen molar-refractivity contribution in [3.05, 3.63) is 40.7 Å². The highest BCUT2D eigenvalue weighted by molar-refractivity contribution is 8.38. The van der Waals surface area contributed by atoms with Crippen LogP contribution in [0, 0.1) is 0 Å². The van der Waals surface area contributed by atoms with Gasteiger partial charge in [-0.25, -0.2) is 10.1 Å².